The molecule has 1 aliphatic heterocycles. The summed E-state index contributed by atoms with van der Waals surface area (Å²) in [7, 11) is 0. The molecule has 0 unspecified atom stereocenters. The summed E-state index contributed by atoms with van der Waals surface area (Å²) in [6.07, 6.45) is 2.63. The Morgan fingerprint density at radius 1 is 1.38 bits per heavy atom. The van der Waals surface area contributed by atoms with Crippen molar-refractivity contribution in [2.75, 3.05) is 18.0 Å². The van der Waals surface area contributed by atoms with Crippen LogP contribution >= 0.6 is 0 Å². The maximum Gasteiger partial charge on any atom is 0.289 e. The normalized spacial score (nSPS) is 17.1. The van der Waals surface area contributed by atoms with E-state index in [0.29, 0.717) is 6.54 Å². The lowest BCUT2D eigenvalue weighted by Gasteiger charge is -2.20. The molecule has 2 aromatic heterocycles. The fourth-order valence-corrected chi connectivity index (χ4v) is 2.76. The maximum atomic E-state index is 12.4. The standard InChI is InChI=1S/C17H22N6O/c1-11-12(2)21-15(22-16(11)23-8-6-13(18)10-23)17(24)20-9-14-5-3-4-7-19-14/h3-5,7,13H,6,8-10,18H2,1-2H3,(H,20,24)/t13-/m1/s1. The number of rotatable bonds is 4. The summed E-state index contributed by atoms with van der Waals surface area (Å²) in [4.78, 5) is 27.5. The van der Waals surface area contributed by atoms with Crippen molar-refractivity contribution in [1.82, 2.24) is 20.3 Å². The van der Waals surface area contributed by atoms with Crippen LogP contribution in [0.4, 0.5) is 5.82 Å². The minimum absolute atomic E-state index is 0.154. The zero-order valence-corrected chi connectivity index (χ0v) is 14.0. The average Bonchev–Trinajstić information content (AvgIpc) is 3.02. The third-order valence-corrected chi connectivity index (χ3v) is 4.25. The van der Waals surface area contributed by atoms with Crippen LogP contribution in [0.25, 0.3) is 0 Å². The third-order valence-electron chi connectivity index (χ3n) is 4.25. The molecule has 3 rings (SSSR count). The van der Waals surface area contributed by atoms with Gasteiger partial charge in [-0.2, -0.15) is 0 Å². The topological polar surface area (TPSA) is 97.0 Å². The van der Waals surface area contributed by atoms with Gasteiger partial charge >= 0.3 is 0 Å². The minimum Gasteiger partial charge on any atom is -0.355 e. The van der Waals surface area contributed by atoms with Crippen LogP contribution in [-0.4, -0.2) is 40.0 Å². The molecule has 0 saturated carbocycles. The van der Waals surface area contributed by atoms with Crippen molar-refractivity contribution in [2.24, 2.45) is 5.73 Å². The maximum absolute atomic E-state index is 12.4. The van der Waals surface area contributed by atoms with E-state index >= 15 is 0 Å². The molecule has 1 saturated heterocycles. The highest BCUT2D eigenvalue weighted by Gasteiger charge is 2.24. The van der Waals surface area contributed by atoms with Crippen molar-refractivity contribution in [3.05, 3.63) is 47.2 Å². The van der Waals surface area contributed by atoms with Gasteiger partial charge in [-0.15, -0.1) is 0 Å². The first-order valence-electron chi connectivity index (χ1n) is 8.08. The number of hydrogen-bond donors (Lipinski definition) is 2. The molecular formula is C17H22N6O. The highest BCUT2D eigenvalue weighted by Crippen LogP contribution is 2.23. The van der Waals surface area contributed by atoms with Gasteiger partial charge in [-0.3, -0.25) is 9.78 Å². The Labute approximate surface area is 141 Å². The second-order valence-electron chi connectivity index (χ2n) is 6.08. The molecule has 24 heavy (non-hydrogen) atoms. The molecule has 3 N–H and O–H groups in total. The first-order chi connectivity index (χ1) is 11.5. The SMILES string of the molecule is Cc1nc(C(=O)NCc2ccccn2)nc(N2CC[C@@H](N)C2)c1C. The van der Waals surface area contributed by atoms with Gasteiger partial charge in [-0.1, -0.05) is 6.07 Å². The van der Waals surface area contributed by atoms with Crippen molar-refractivity contribution in [3.8, 4) is 0 Å². The fourth-order valence-electron chi connectivity index (χ4n) is 2.76. The minimum atomic E-state index is -0.298. The van der Waals surface area contributed by atoms with E-state index in [1.807, 2.05) is 32.0 Å². The number of aromatic nitrogens is 3. The monoisotopic (exact) mass is 326 g/mol. The number of nitrogens with zero attached hydrogens (tertiary/aromatic N) is 4. The van der Waals surface area contributed by atoms with Crippen molar-refractivity contribution >= 4 is 11.7 Å². The molecule has 2 aromatic rings. The second kappa shape index (κ2) is 6.92. The van der Waals surface area contributed by atoms with Crippen LogP contribution in [0.15, 0.2) is 24.4 Å². The molecule has 0 aliphatic carbocycles. The van der Waals surface area contributed by atoms with Gasteiger partial charge in [0.1, 0.15) is 5.82 Å². The van der Waals surface area contributed by atoms with E-state index in [-0.39, 0.29) is 17.8 Å². The van der Waals surface area contributed by atoms with E-state index in [1.54, 1.807) is 6.20 Å². The average molecular weight is 326 g/mol. The third kappa shape index (κ3) is 3.51. The lowest BCUT2D eigenvalue weighted by Crippen LogP contribution is -2.30. The van der Waals surface area contributed by atoms with Crippen molar-refractivity contribution < 1.29 is 4.79 Å². The highest BCUT2D eigenvalue weighted by atomic mass is 16.2. The molecule has 7 nitrogen and oxygen atoms in total. The lowest BCUT2D eigenvalue weighted by atomic mass is 10.2. The van der Waals surface area contributed by atoms with E-state index in [0.717, 1.165) is 42.3 Å². The quantitative estimate of drug-likeness (QED) is 0.868. The summed E-state index contributed by atoms with van der Waals surface area (Å²) >= 11 is 0. The predicted molar refractivity (Wildman–Crippen MR) is 91.7 cm³/mol. The van der Waals surface area contributed by atoms with Crippen LogP contribution < -0.4 is 16.0 Å². The van der Waals surface area contributed by atoms with Crippen LogP contribution in [-0.2, 0) is 6.54 Å². The zero-order valence-electron chi connectivity index (χ0n) is 14.0. The summed E-state index contributed by atoms with van der Waals surface area (Å²) in [5, 5.41) is 2.82. The van der Waals surface area contributed by atoms with Crippen LogP contribution in [0.1, 0.15) is 34.0 Å². The molecule has 0 spiro atoms. The number of hydrogen-bond acceptors (Lipinski definition) is 6. The Bertz CT molecular complexity index is 733. The van der Waals surface area contributed by atoms with E-state index < -0.39 is 0 Å². The van der Waals surface area contributed by atoms with Gasteiger partial charge in [-0.05, 0) is 32.4 Å². The van der Waals surface area contributed by atoms with Gasteiger partial charge in [0.15, 0.2) is 0 Å². The molecule has 3 heterocycles. The van der Waals surface area contributed by atoms with Gasteiger partial charge in [0.05, 0.1) is 12.2 Å². The van der Waals surface area contributed by atoms with Gasteiger partial charge in [0.25, 0.3) is 5.91 Å². The summed E-state index contributed by atoms with van der Waals surface area (Å²) in [6.45, 7) is 5.83. The van der Waals surface area contributed by atoms with Crippen LogP contribution in [0.3, 0.4) is 0 Å². The molecule has 1 fully saturated rings. The Morgan fingerprint density at radius 2 is 2.21 bits per heavy atom. The predicted octanol–water partition coefficient (Wildman–Crippen LogP) is 0.956. The largest absolute Gasteiger partial charge is 0.355 e. The summed E-state index contributed by atoms with van der Waals surface area (Å²) < 4.78 is 0. The number of carbonyl (C=O) groups excluding carboxylic acids is 1. The number of aryl methyl sites for hydroxylation is 1. The van der Waals surface area contributed by atoms with Gasteiger partial charge < -0.3 is 16.0 Å². The number of anilines is 1. The van der Waals surface area contributed by atoms with Crippen molar-refractivity contribution in [3.63, 3.8) is 0 Å². The molecule has 1 aliphatic rings. The van der Waals surface area contributed by atoms with Crippen molar-refractivity contribution in [1.29, 1.82) is 0 Å². The second-order valence-corrected chi connectivity index (χ2v) is 6.08. The Kier molecular flexibility index (Phi) is 4.71. The highest BCUT2D eigenvalue weighted by molar-refractivity contribution is 5.90. The fraction of sp³-hybridized carbons (Fsp3) is 0.412. The Morgan fingerprint density at radius 3 is 2.88 bits per heavy atom. The van der Waals surface area contributed by atoms with Crippen LogP contribution in [0, 0.1) is 13.8 Å². The summed E-state index contributed by atoms with van der Waals surface area (Å²) in [5.41, 5.74) is 8.58. The first-order valence-corrected chi connectivity index (χ1v) is 8.08. The molecule has 1 amide bonds. The Hall–Kier alpha value is -2.54. The summed E-state index contributed by atoms with van der Waals surface area (Å²) in [6, 6.07) is 5.74. The van der Waals surface area contributed by atoms with E-state index in [4.69, 9.17) is 5.73 Å². The number of pyridine rings is 1. The van der Waals surface area contributed by atoms with E-state index in [1.165, 1.54) is 0 Å². The molecular weight excluding hydrogens is 304 g/mol. The molecule has 1 atom stereocenters. The van der Waals surface area contributed by atoms with E-state index in [2.05, 4.69) is 25.2 Å². The first kappa shape index (κ1) is 16.3. The van der Waals surface area contributed by atoms with Crippen molar-refractivity contribution in [2.45, 2.75) is 32.9 Å². The molecule has 0 bridgehead atoms. The summed E-state index contributed by atoms with van der Waals surface area (Å²) in [5.74, 6) is 0.691. The number of carbonyl (C=O) groups is 1. The van der Waals surface area contributed by atoms with Gasteiger partial charge in [0.2, 0.25) is 5.82 Å². The molecule has 0 radical (unpaired) electrons. The smallest absolute Gasteiger partial charge is 0.289 e. The number of nitrogens with two attached hydrogens (primary N) is 1. The number of nitrogens with one attached hydrogen (secondary N) is 1. The molecule has 7 heteroatoms. The van der Waals surface area contributed by atoms with Crippen LogP contribution in [0.5, 0.6) is 0 Å². The lowest BCUT2D eigenvalue weighted by molar-refractivity contribution is 0.0939. The molecule has 126 valence electrons. The van der Waals surface area contributed by atoms with Gasteiger partial charge in [-0.25, -0.2) is 9.97 Å². The molecule has 0 aromatic carbocycles. The van der Waals surface area contributed by atoms with Gasteiger partial charge in [0, 0.05) is 36.6 Å². The number of amides is 1. The zero-order chi connectivity index (χ0) is 17.1. The Balaban J connectivity index is 1.77. The van der Waals surface area contributed by atoms with E-state index in [9.17, 15) is 4.79 Å². The van der Waals surface area contributed by atoms with Crippen LogP contribution in [0.2, 0.25) is 0 Å².